The van der Waals surface area contributed by atoms with Crippen LogP contribution in [-0.2, 0) is 16.0 Å². The summed E-state index contributed by atoms with van der Waals surface area (Å²) >= 11 is 0. The molecule has 0 amide bonds. The molecule has 2 unspecified atom stereocenters. The van der Waals surface area contributed by atoms with Crippen molar-refractivity contribution in [2.24, 2.45) is 0 Å². The Kier molecular flexibility index (Phi) is 5.17. The number of esters is 1. The zero-order valence-corrected chi connectivity index (χ0v) is 12.0. The summed E-state index contributed by atoms with van der Waals surface area (Å²) in [6, 6.07) is 10.6. The monoisotopic (exact) mass is 271 g/mol. The van der Waals surface area contributed by atoms with Crippen molar-refractivity contribution in [3.8, 4) is 6.07 Å². The van der Waals surface area contributed by atoms with Crippen LogP contribution >= 0.6 is 0 Å². The van der Waals surface area contributed by atoms with Crippen LogP contribution in [0.5, 0.6) is 0 Å². The second kappa shape index (κ2) is 7.09. The van der Waals surface area contributed by atoms with E-state index in [2.05, 4.69) is 18.2 Å². The molecule has 1 aliphatic rings. The van der Waals surface area contributed by atoms with Crippen LogP contribution in [0.15, 0.2) is 24.3 Å². The van der Waals surface area contributed by atoms with Crippen molar-refractivity contribution in [3.63, 3.8) is 0 Å². The highest BCUT2D eigenvalue weighted by molar-refractivity contribution is 5.69. The summed E-state index contributed by atoms with van der Waals surface area (Å²) in [5.41, 5.74) is 2.40. The number of nitrogens with zero attached hydrogens (tertiary/aromatic N) is 1. The summed E-state index contributed by atoms with van der Waals surface area (Å²) in [5.74, 6) is -0.216. The summed E-state index contributed by atoms with van der Waals surface area (Å²) in [6.45, 7) is 1.91. The molecule has 3 nitrogen and oxygen atoms in total. The van der Waals surface area contributed by atoms with Gasteiger partial charge in [0.2, 0.25) is 0 Å². The van der Waals surface area contributed by atoms with Gasteiger partial charge in [-0.1, -0.05) is 24.3 Å². The molecule has 0 saturated heterocycles. The topological polar surface area (TPSA) is 50.1 Å². The van der Waals surface area contributed by atoms with E-state index >= 15 is 0 Å². The first-order valence-electron chi connectivity index (χ1n) is 7.37. The first-order valence-corrected chi connectivity index (χ1v) is 7.37. The smallest absolute Gasteiger partial charge is 0.306 e. The number of ether oxygens (including phenoxy) is 1. The predicted molar refractivity (Wildman–Crippen MR) is 77.1 cm³/mol. The Balaban J connectivity index is 2.21. The molecule has 1 aromatic rings. The Morgan fingerprint density at radius 2 is 1.95 bits per heavy atom. The molecule has 2 rings (SSSR count). The largest absolute Gasteiger partial charge is 0.463 e. The maximum atomic E-state index is 11.6. The van der Waals surface area contributed by atoms with E-state index in [1.807, 2.05) is 19.1 Å². The predicted octanol–water partition coefficient (Wildman–Crippen LogP) is 3.73. The van der Waals surface area contributed by atoms with E-state index in [9.17, 15) is 10.1 Å². The molecule has 0 saturated carbocycles. The van der Waals surface area contributed by atoms with E-state index in [1.165, 1.54) is 5.56 Å². The fourth-order valence-electron chi connectivity index (χ4n) is 2.72. The van der Waals surface area contributed by atoms with Gasteiger partial charge in [-0.15, -0.1) is 0 Å². The molecular formula is C17H21NO2. The van der Waals surface area contributed by atoms with Gasteiger partial charge in [0, 0.05) is 6.42 Å². The van der Waals surface area contributed by atoms with Crippen LogP contribution in [0.4, 0.5) is 0 Å². The van der Waals surface area contributed by atoms with Gasteiger partial charge < -0.3 is 4.74 Å². The molecule has 1 aliphatic heterocycles. The van der Waals surface area contributed by atoms with Gasteiger partial charge >= 0.3 is 5.97 Å². The van der Waals surface area contributed by atoms with E-state index in [0.29, 0.717) is 6.42 Å². The van der Waals surface area contributed by atoms with Crippen molar-refractivity contribution >= 4 is 5.97 Å². The average molecular weight is 271 g/mol. The number of nitriles is 1. The Labute approximate surface area is 120 Å². The van der Waals surface area contributed by atoms with Crippen LogP contribution in [-0.4, -0.2) is 12.1 Å². The second-order valence-corrected chi connectivity index (χ2v) is 5.47. The van der Waals surface area contributed by atoms with Gasteiger partial charge in [0.15, 0.2) is 0 Å². The summed E-state index contributed by atoms with van der Waals surface area (Å²) in [5, 5.41) is 9.42. The first-order chi connectivity index (χ1) is 9.70. The minimum atomic E-state index is -0.111. The molecule has 0 bridgehead atoms. The van der Waals surface area contributed by atoms with Gasteiger partial charge in [0.05, 0.1) is 18.1 Å². The molecule has 20 heavy (non-hydrogen) atoms. The standard InChI is InChI=1S/C17H21NO2/c1-13-10-11-15(12-18)16-8-4-2-6-14(16)7-3-5-9-17(19)20-13/h2,4,6,8,13,15H,3,5,7,9-11H2,1H3. The van der Waals surface area contributed by atoms with E-state index in [-0.39, 0.29) is 18.0 Å². The number of carbonyl (C=O) groups is 1. The fraction of sp³-hybridized carbons (Fsp3) is 0.529. The Morgan fingerprint density at radius 1 is 1.20 bits per heavy atom. The SMILES string of the molecule is CC1CCC(C#N)c2ccccc2CCCCC(=O)O1. The first kappa shape index (κ1) is 14.6. The van der Waals surface area contributed by atoms with Crippen LogP contribution in [0, 0.1) is 11.3 Å². The second-order valence-electron chi connectivity index (χ2n) is 5.47. The quantitative estimate of drug-likeness (QED) is 0.675. The minimum Gasteiger partial charge on any atom is -0.463 e. The van der Waals surface area contributed by atoms with Crippen LogP contribution in [0.3, 0.4) is 0 Å². The number of carbonyl (C=O) groups excluding carboxylic acids is 1. The van der Waals surface area contributed by atoms with Crippen LogP contribution in [0.25, 0.3) is 0 Å². The highest BCUT2D eigenvalue weighted by atomic mass is 16.5. The average Bonchev–Trinajstić information content (AvgIpc) is 2.44. The molecule has 1 heterocycles. The van der Waals surface area contributed by atoms with Gasteiger partial charge in [-0.25, -0.2) is 0 Å². The van der Waals surface area contributed by atoms with Crippen LogP contribution in [0.1, 0.15) is 56.1 Å². The number of fused-ring (bicyclic) bond motifs is 1. The van der Waals surface area contributed by atoms with Crippen molar-refractivity contribution in [1.29, 1.82) is 5.26 Å². The van der Waals surface area contributed by atoms with E-state index in [0.717, 1.165) is 37.7 Å². The number of aryl methyl sites for hydroxylation is 1. The number of hydrogen-bond donors (Lipinski definition) is 0. The Hall–Kier alpha value is -1.82. The highest BCUT2D eigenvalue weighted by Gasteiger charge is 2.18. The summed E-state index contributed by atoms with van der Waals surface area (Å²) in [4.78, 5) is 11.6. The summed E-state index contributed by atoms with van der Waals surface area (Å²) < 4.78 is 5.36. The molecular weight excluding hydrogens is 250 g/mol. The number of benzene rings is 1. The van der Waals surface area contributed by atoms with E-state index in [1.54, 1.807) is 0 Å². The summed E-state index contributed by atoms with van der Waals surface area (Å²) in [6.07, 6.45) is 4.59. The number of rotatable bonds is 0. The zero-order valence-electron chi connectivity index (χ0n) is 12.0. The van der Waals surface area contributed by atoms with Crippen molar-refractivity contribution < 1.29 is 9.53 Å². The molecule has 0 N–H and O–H groups in total. The van der Waals surface area contributed by atoms with Gasteiger partial charge in [0.25, 0.3) is 0 Å². The van der Waals surface area contributed by atoms with Gasteiger partial charge in [-0.3, -0.25) is 4.79 Å². The van der Waals surface area contributed by atoms with Crippen molar-refractivity contribution in [1.82, 2.24) is 0 Å². The van der Waals surface area contributed by atoms with Gasteiger partial charge in [-0.05, 0) is 50.2 Å². The fourth-order valence-corrected chi connectivity index (χ4v) is 2.72. The maximum absolute atomic E-state index is 11.6. The normalized spacial score (nSPS) is 24.5. The molecule has 1 aromatic carbocycles. The molecule has 0 radical (unpaired) electrons. The molecule has 0 aromatic heterocycles. The van der Waals surface area contributed by atoms with Crippen LogP contribution < -0.4 is 0 Å². The lowest BCUT2D eigenvalue weighted by Crippen LogP contribution is -2.16. The van der Waals surface area contributed by atoms with E-state index < -0.39 is 0 Å². The van der Waals surface area contributed by atoms with Crippen molar-refractivity contribution in [2.45, 2.75) is 57.5 Å². The molecule has 0 spiro atoms. The summed E-state index contributed by atoms with van der Waals surface area (Å²) in [7, 11) is 0. The van der Waals surface area contributed by atoms with Crippen molar-refractivity contribution in [2.75, 3.05) is 0 Å². The Bertz CT molecular complexity index is 504. The van der Waals surface area contributed by atoms with Crippen molar-refractivity contribution in [3.05, 3.63) is 35.4 Å². The van der Waals surface area contributed by atoms with Gasteiger partial charge in [-0.2, -0.15) is 5.26 Å². The maximum Gasteiger partial charge on any atom is 0.306 e. The third-order valence-corrected chi connectivity index (χ3v) is 3.86. The number of cyclic esters (lactones) is 1. The third kappa shape index (κ3) is 3.84. The van der Waals surface area contributed by atoms with E-state index in [4.69, 9.17) is 4.74 Å². The lowest BCUT2D eigenvalue weighted by Gasteiger charge is -2.19. The third-order valence-electron chi connectivity index (χ3n) is 3.86. The van der Waals surface area contributed by atoms with Crippen LogP contribution in [0.2, 0.25) is 0 Å². The Morgan fingerprint density at radius 3 is 2.75 bits per heavy atom. The molecule has 0 aliphatic carbocycles. The minimum absolute atomic E-state index is 0.105. The lowest BCUT2D eigenvalue weighted by atomic mass is 9.88. The molecule has 106 valence electrons. The van der Waals surface area contributed by atoms with Gasteiger partial charge in [0.1, 0.15) is 0 Å². The molecule has 2 atom stereocenters. The molecule has 3 heteroatoms. The lowest BCUT2D eigenvalue weighted by molar-refractivity contribution is -0.148. The number of hydrogen-bond acceptors (Lipinski definition) is 3. The zero-order chi connectivity index (χ0) is 14.4. The highest BCUT2D eigenvalue weighted by Crippen LogP contribution is 2.27. The molecule has 0 fully saturated rings.